The molecule has 0 aliphatic carbocycles. The molecule has 0 radical (unpaired) electrons. The molecule has 3 aromatic rings. The second-order valence-electron chi connectivity index (χ2n) is 8.40. The Balaban J connectivity index is 2.05. The average molecular weight is 352 g/mol. The Morgan fingerprint density at radius 2 is 1.62 bits per heavy atom. The first kappa shape index (κ1) is 18.5. The van der Waals surface area contributed by atoms with Gasteiger partial charge in [0.05, 0.1) is 11.0 Å². The van der Waals surface area contributed by atoms with Crippen molar-refractivity contribution >= 4 is 11.0 Å². The molecule has 0 aliphatic heterocycles. The summed E-state index contributed by atoms with van der Waals surface area (Å²) in [5, 5.41) is 9.30. The number of aliphatic hydroxyl groups excluding tert-OH is 1. The van der Waals surface area contributed by atoms with E-state index in [1.54, 1.807) is 4.57 Å². The van der Waals surface area contributed by atoms with Crippen molar-refractivity contribution in [1.29, 1.82) is 0 Å². The maximum Gasteiger partial charge on any atom is 0.328 e. The van der Waals surface area contributed by atoms with Gasteiger partial charge >= 0.3 is 5.69 Å². The fraction of sp³-hybridized carbons (Fsp3) is 0.409. The third-order valence-electron chi connectivity index (χ3n) is 4.86. The summed E-state index contributed by atoms with van der Waals surface area (Å²) in [6, 6.07) is 14.5. The van der Waals surface area contributed by atoms with E-state index in [-0.39, 0.29) is 23.6 Å². The number of hydrogen-bond acceptors (Lipinski definition) is 2. The predicted molar refractivity (Wildman–Crippen MR) is 108 cm³/mol. The van der Waals surface area contributed by atoms with Crippen molar-refractivity contribution in [3.63, 3.8) is 0 Å². The lowest BCUT2D eigenvalue weighted by atomic mass is 9.96. The fourth-order valence-electron chi connectivity index (χ4n) is 3.32. The van der Waals surface area contributed by atoms with Gasteiger partial charge in [0.2, 0.25) is 0 Å². The van der Waals surface area contributed by atoms with Gasteiger partial charge in [0, 0.05) is 26.1 Å². The summed E-state index contributed by atoms with van der Waals surface area (Å²) in [6.07, 6.45) is 0. The highest BCUT2D eigenvalue weighted by Gasteiger charge is 2.18. The van der Waals surface area contributed by atoms with E-state index in [9.17, 15) is 9.90 Å². The van der Waals surface area contributed by atoms with Crippen LogP contribution in [0.3, 0.4) is 0 Å². The molecule has 0 bridgehead atoms. The highest BCUT2D eigenvalue weighted by molar-refractivity contribution is 5.82. The summed E-state index contributed by atoms with van der Waals surface area (Å²) < 4.78 is 3.60. The molecule has 1 atom stereocenters. The number of aromatic nitrogens is 2. The van der Waals surface area contributed by atoms with Crippen LogP contribution < -0.4 is 5.69 Å². The molecule has 1 heterocycles. The van der Waals surface area contributed by atoms with Gasteiger partial charge in [-0.25, -0.2) is 4.79 Å². The van der Waals surface area contributed by atoms with Crippen molar-refractivity contribution in [3.8, 4) is 11.1 Å². The number of fused-ring (bicyclic) bond motifs is 1. The molecule has 1 unspecified atom stereocenters. The van der Waals surface area contributed by atoms with Crippen molar-refractivity contribution in [2.75, 3.05) is 6.61 Å². The molecule has 0 fully saturated rings. The smallest absolute Gasteiger partial charge is 0.328 e. The number of nitrogens with zero attached hydrogens (tertiary/aromatic N) is 2. The second-order valence-corrected chi connectivity index (χ2v) is 8.40. The normalized spacial score (nSPS) is 13.3. The number of imidazole rings is 1. The monoisotopic (exact) mass is 352 g/mol. The van der Waals surface area contributed by atoms with Gasteiger partial charge < -0.3 is 5.11 Å². The quantitative estimate of drug-likeness (QED) is 0.767. The van der Waals surface area contributed by atoms with Crippen LogP contribution in [0, 0.1) is 5.41 Å². The van der Waals surface area contributed by atoms with Crippen LogP contribution in [0.2, 0.25) is 0 Å². The molecule has 1 aromatic heterocycles. The number of benzene rings is 2. The van der Waals surface area contributed by atoms with E-state index in [1.807, 2.05) is 24.6 Å². The molecule has 0 spiro atoms. The summed E-state index contributed by atoms with van der Waals surface area (Å²) in [4.78, 5) is 12.7. The minimum atomic E-state index is 0.0270. The Kier molecular flexibility index (Phi) is 4.80. The molecule has 0 aliphatic rings. The SMILES string of the molecule is CC(CO)c1ccc(-c2ccc3c(c2)n(C)c(=O)n3CC(C)(C)C)cc1. The van der Waals surface area contributed by atoms with Crippen LogP contribution in [0.5, 0.6) is 0 Å². The number of rotatable bonds is 4. The van der Waals surface area contributed by atoms with Gasteiger partial charge in [-0.1, -0.05) is 58.0 Å². The minimum Gasteiger partial charge on any atom is -0.396 e. The standard InChI is InChI=1S/C22H28N2O2/c1-15(13-25)16-6-8-17(9-7-16)18-10-11-19-20(12-18)23(5)21(26)24(19)14-22(2,3)4/h6-12,15,25H,13-14H2,1-5H3. The van der Waals surface area contributed by atoms with E-state index in [0.717, 1.165) is 27.7 Å². The van der Waals surface area contributed by atoms with Crippen LogP contribution in [0.4, 0.5) is 0 Å². The molecule has 4 nitrogen and oxygen atoms in total. The fourth-order valence-corrected chi connectivity index (χ4v) is 3.32. The Morgan fingerprint density at radius 1 is 1.00 bits per heavy atom. The summed E-state index contributed by atoms with van der Waals surface area (Å²) in [6.45, 7) is 9.27. The Bertz CT molecular complexity index is 972. The Labute approximate surface area is 154 Å². The van der Waals surface area contributed by atoms with Gasteiger partial charge in [-0.05, 0) is 34.2 Å². The van der Waals surface area contributed by atoms with Crippen molar-refractivity contribution in [2.45, 2.75) is 40.2 Å². The zero-order chi connectivity index (χ0) is 19.1. The highest BCUT2D eigenvalue weighted by atomic mass is 16.3. The number of aliphatic hydroxyl groups is 1. The molecule has 4 heteroatoms. The Morgan fingerprint density at radius 3 is 2.19 bits per heavy atom. The van der Waals surface area contributed by atoms with Crippen LogP contribution in [-0.4, -0.2) is 20.8 Å². The van der Waals surface area contributed by atoms with Crippen LogP contribution >= 0.6 is 0 Å². The van der Waals surface area contributed by atoms with Crippen LogP contribution in [0.1, 0.15) is 39.2 Å². The van der Waals surface area contributed by atoms with Gasteiger partial charge in [0.25, 0.3) is 0 Å². The largest absolute Gasteiger partial charge is 0.396 e. The molecule has 2 aromatic carbocycles. The Hall–Kier alpha value is -2.33. The third kappa shape index (κ3) is 3.47. The van der Waals surface area contributed by atoms with Gasteiger partial charge in [-0.15, -0.1) is 0 Å². The van der Waals surface area contributed by atoms with E-state index in [2.05, 4.69) is 57.2 Å². The molecule has 3 rings (SSSR count). The molecule has 0 amide bonds. The molecule has 138 valence electrons. The van der Waals surface area contributed by atoms with E-state index in [1.165, 1.54) is 0 Å². The van der Waals surface area contributed by atoms with Gasteiger partial charge in [0.1, 0.15) is 0 Å². The van der Waals surface area contributed by atoms with Crippen molar-refractivity contribution in [2.24, 2.45) is 12.5 Å². The third-order valence-corrected chi connectivity index (χ3v) is 4.86. The second kappa shape index (κ2) is 6.76. The molecule has 0 saturated heterocycles. The summed E-state index contributed by atoms with van der Waals surface area (Å²) in [5.41, 5.74) is 5.31. The topological polar surface area (TPSA) is 47.2 Å². The van der Waals surface area contributed by atoms with Gasteiger partial charge in [0.15, 0.2) is 0 Å². The number of aryl methyl sites for hydroxylation is 1. The molecular weight excluding hydrogens is 324 g/mol. The number of hydrogen-bond donors (Lipinski definition) is 1. The van der Waals surface area contributed by atoms with Crippen LogP contribution in [0.15, 0.2) is 47.3 Å². The van der Waals surface area contributed by atoms with Crippen molar-refractivity contribution < 1.29 is 5.11 Å². The van der Waals surface area contributed by atoms with E-state index < -0.39 is 0 Å². The summed E-state index contributed by atoms with van der Waals surface area (Å²) in [5.74, 6) is 0.138. The van der Waals surface area contributed by atoms with Gasteiger partial charge in [-0.2, -0.15) is 0 Å². The first-order chi connectivity index (χ1) is 12.2. The predicted octanol–water partition coefficient (Wildman–Crippen LogP) is 4.15. The zero-order valence-electron chi connectivity index (χ0n) is 16.3. The van der Waals surface area contributed by atoms with Gasteiger partial charge in [-0.3, -0.25) is 9.13 Å². The molecular formula is C22H28N2O2. The summed E-state index contributed by atoms with van der Waals surface area (Å²) >= 11 is 0. The first-order valence-electron chi connectivity index (χ1n) is 9.12. The zero-order valence-corrected chi connectivity index (χ0v) is 16.3. The molecule has 26 heavy (non-hydrogen) atoms. The first-order valence-corrected chi connectivity index (χ1v) is 9.12. The lowest BCUT2D eigenvalue weighted by Crippen LogP contribution is -2.27. The van der Waals surface area contributed by atoms with Crippen molar-refractivity contribution in [3.05, 3.63) is 58.5 Å². The van der Waals surface area contributed by atoms with Crippen LogP contribution in [-0.2, 0) is 13.6 Å². The summed E-state index contributed by atoms with van der Waals surface area (Å²) in [7, 11) is 1.83. The highest BCUT2D eigenvalue weighted by Crippen LogP contribution is 2.27. The lowest BCUT2D eigenvalue weighted by Gasteiger charge is -2.18. The maximum absolute atomic E-state index is 12.7. The molecule has 0 saturated carbocycles. The van der Waals surface area contributed by atoms with Crippen LogP contribution in [0.25, 0.3) is 22.2 Å². The van der Waals surface area contributed by atoms with E-state index >= 15 is 0 Å². The van der Waals surface area contributed by atoms with E-state index in [4.69, 9.17) is 0 Å². The molecule has 1 N–H and O–H groups in total. The average Bonchev–Trinajstić information content (AvgIpc) is 2.84. The minimum absolute atomic E-state index is 0.0270. The van der Waals surface area contributed by atoms with E-state index in [0.29, 0.717) is 6.54 Å². The lowest BCUT2D eigenvalue weighted by molar-refractivity contribution is 0.273. The van der Waals surface area contributed by atoms with Crippen molar-refractivity contribution in [1.82, 2.24) is 9.13 Å². The maximum atomic E-state index is 12.7.